The Kier molecular flexibility index (Phi) is 7.48. The zero-order valence-electron chi connectivity index (χ0n) is 11.7. The molecule has 2 aromatic carbocycles. The Morgan fingerprint density at radius 1 is 0.850 bits per heavy atom. The fraction of sp³-hybridized carbons (Fsp3) is 0.294. The molecular formula is C17H20S3. The Morgan fingerprint density at radius 3 is 2.40 bits per heavy atom. The van der Waals surface area contributed by atoms with Crippen LogP contribution in [0.5, 0.6) is 0 Å². The van der Waals surface area contributed by atoms with Gasteiger partial charge >= 0.3 is 0 Å². The van der Waals surface area contributed by atoms with Crippen LogP contribution in [0, 0.1) is 0 Å². The predicted molar refractivity (Wildman–Crippen MR) is 96.5 cm³/mol. The van der Waals surface area contributed by atoms with Gasteiger partial charge in [-0.15, -0.1) is 0 Å². The van der Waals surface area contributed by atoms with Gasteiger partial charge in [0.1, 0.15) is 0 Å². The Balaban J connectivity index is 1.85. The molecule has 20 heavy (non-hydrogen) atoms. The van der Waals surface area contributed by atoms with Crippen molar-refractivity contribution in [3.63, 3.8) is 0 Å². The maximum atomic E-state index is 2.26. The summed E-state index contributed by atoms with van der Waals surface area (Å²) in [5.74, 6) is 3.43. The Bertz CT molecular complexity index is 497. The topological polar surface area (TPSA) is 0 Å². The highest BCUT2D eigenvalue weighted by Crippen LogP contribution is 2.36. The molecule has 0 amide bonds. The molecule has 0 fully saturated rings. The van der Waals surface area contributed by atoms with Crippen molar-refractivity contribution in [2.24, 2.45) is 0 Å². The van der Waals surface area contributed by atoms with Crippen LogP contribution >= 0.6 is 33.3 Å². The Morgan fingerprint density at radius 2 is 1.60 bits per heavy atom. The number of rotatable bonds is 8. The lowest BCUT2D eigenvalue weighted by atomic mass is 10.2. The first kappa shape index (κ1) is 15.9. The molecule has 0 aliphatic rings. The lowest BCUT2D eigenvalue weighted by Crippen LogP contribution is -1.85. The zero-order valence-corrected chi connectivity index (χ0v) is 14.2. The minimum Gasteiger partial charge on any atom is -0.157 e. The third-order valence-corrected chi connectivity index (χ3v) is 6.40. The molecule has 106 valence electrons. The van der Waals surface area contributed by atoms with E-state index >= 15 is 0 Å². The van der Waals surface area contributed by atoms with E-state index in [2.05, 4.69) is 61.5 Å². The van der Waals surface area contributed by atoms with Crippen molar-refractivity contribution in [3.05, 3.63) is 65.7 Å². The van der Waals surface area contributed by atoms with E-state index in [1.54, 1.807) is 0 Å². The number of thioether (sulfide) groups is 1. The average molecular weight is 321 g/mol. The molecule has 0 bridgehead atoms. The molecule has 2 aromatic rings. The maximum absolute atomic E-state index is 2.26. The van der Waals surface area contributed by atoms with Gasteiger partial charge in [-0.2, -0.15) is 11.8 Å². The third kappa shape index (κ3) is 5.47. The second kappa shape index (κ2) is 9.43. The average Bonchev–Trinajstić information content (AvgIpc) is 2.50. The Hall–Kier alpha value is -0.510. The van der Waals surface area contributed by atoms with Gasteiger partial charge in [0.05, 0.1) is 0 Å². The van der Waals surface area contributed by atoms with E-state index in [1.165, 1.54) is 28.2 Å². The van der Waals surface area contributed by atoms with Crippen LogP contribution in [0.1, 0.15) is 24.5 Å². The van der Waals surface area contributed by atoms with Crippen LogP contribution in [-0.4, -0.2) is 5.75 Å². The quantitative estimate of drug-likeness (QED) is 0.415. The molecule has 0 unspecified atom stereocenters. The first-order chi connectivity index (χ1) is 9.90. The van der Waals surface area contributed by atoms with Crippen LogP contribution in [0.3, 0.4) is 0 Å². The minimum absolute atomic E-state index is 1.06. The highest BCUT2D eigenvalue weighted by Gasteiger charge is 2.03. The van der Waals surface area contributed by atoms with Crippen molar-refractivity contribution in [1.82, 2.24) is 0 Å². The van der Waals surface area contributed by atoms with Crippen LogP contribution in [-0.2, 0) is 11.5 Å². The second-order valence-electron chi connectivity index (χ2n) is 4.49. The van der Waals surface area contributed by atoms with E-state index < -0.39 is 0 Å². The lowest BCUT2D eigenvalue weighted by Gasteiger charge is -2.08. The largest absolute Gasteiger partial charge is 0.157 e. The van der Waals surface area contributed by atoms with Crippen LogP contribution in [0.4, 0.5) is 0 Å². The molecule has 0 heterocycles. The molecule has 0 N–H and O–H groups in total. The van der Waals surface area contributed by atoms with Crippen molar-refractivity contribution in [2.75, 3.05) is 5.75 Å². The van der Waals surface area contributed by atoms with Gasteiger partial charge in [-0.05, 0) is 29.4 Å². The van der Waals surface area contributed by atoms with Crippen molar-refractivity contribution in [2.45, 2.75) is 29.7 Å². The first-order valence-corrected chi connectivity index (χ1v) is 10.4. The van der Waals surface area contributed by atoms with Crippen LogP contribution in [0.2, 0.25) is 0 Å². The smallest absolute Gasteiger partial charge is 0.0292 e. The number of hydrogen-bond acceptors (Lipinski definition) is 3. The van der Waals surface area contributed by atoms with Crippen LogP contribution in [0.25, 0.3) is 0 Å². The van der Waals surface area contributed by atoms with Gasteiger partial charge in [-0.25, -0.2) is 0 Å². The van der Waals surface area contributed by atoms with E-state index in [0.29, 0.717) is 0 Å². The summed E-state index contributed by atoms with van der Waals surface area (Å²) in [4.78, 5) is 1.41. The molecule has 0 radical (unpaired) electrons. The minimum atomic E-state index is 1.06. The number of hydrogen-bond donors (Lipinski definition) is 0. The SMILES string of the molecule is CCCSCc1ccccc1SSCc1ccccc1. The summed E-state index contributed by atoms with van der Waals surface area (Å²) < 4.78 is 0. The summed E-state index contributed by atoms with van der Waals surface area (Å²) in [6.07, 6.45) is 1.25. The molecule has 0 saturated carbocycles. The van der Waals surface area contributed by atoms with Crippen LogP contribution < -0.4 is 0 Å². The summed E-state index contributed by atoms with van der Waals surface area (Å²) in [6, 6.07) is 19.5. The summed E-state index contributed by atoms with van der Waals surface area (Å²) in [6.45, 7) is 2.24. The van der Waals surface area contributed by atoms with Gasteiger partial charge in [-0.1, -0.05) is 77.0 Å². The lowest BCUT2D eigenvalue weighted by molar-refractivity contribution is 1.10. The van der Waals surface area contributed by atoms with E-state index in [9.17, 15) is 0 Å². The van der Waals surface area contributed by atoms with Gasteiger partial charge in [0, 0.05) is 16.4 Å². The predicted octanol–water partition coefficient (Wildman–Crippen LogP) is 6.27. The molecule has 0 aliphatic heterocycles. The summed E-state index contributed by atoms with van der Waals surface area (Å²) in [5, 5.41) is 0. The van der Waals surface area contributed by atoms with E-state index in [0.717, 1.165) is 11.5 Å². The molecule has 0 aliphatic carbocycles. The fourth-order valence-electron chi connectivity index (χ4n) is 1.77. The molecule has 0 spiro atoms. The van der Waals surface area contributed by atoms with Crippen molar-refractivity contribution in [3.8, 4) is 0 Å². The van der Waals surface area contributed by atoms with Crippen molar-refractivity contribution >= 4 is 33.3 Å². The number of benzene rings is 2. The normalized spacial score (nSPS) is 10.7. The monoisotopic (exact) mass is 320 g/mol. The van der Waals surface area contributed by atoms with Crippen molar-refractivity contribution < 1.29 is 0 Å². The summed E-state index contributed by atoms with van der Waals surface area (Å²) in [5.41, 5.74) is 2.86. The highest BCUT2D eigenvalue weighted by atomic mass is 33.1. The van der Waals surface area contributed by atoms with Crippen LogP contribution in [0.15, 0.2) is 59.5 Å². The molecular weight excluding hydrogens is 300 g/mol. The van der Waals surface area contributed by atoms with Gasteiger partial charge in [-0.3, -0.25) is 0 Å². The maximum Gasteiger partial charge on any atom is 0.0292 e. The van der Waals surface area contributed by atoms with Gasteiger partial charge < -0.3 is 0 Å². The van der Waals surface area contributed by atoms with E-state index in [4.69, 9.17) is 0 Å². The van der Waals surface area contributed by atoms with Gasteiger partial charge in [0.2, 0.25) is 0 Å². The molecule has 2 rings (SSSR count). The standard InChI is InChI=1S/C17H20S3/c1-2-12-18-14-16-10-6-7-11-17(16)20-19-13-15-8-4-3-5-9-15/h3-11H,2,12-14H2,1H3. The first-order valence-electron chi connectivity index (χ1n) is 6.89. The van der Waals surface area contributed by atoms with Gasteiger partial charge in [0.25, 0.3) is 0 Å². The third-order valence-electron chi connectivity index (χ3n) is 2.80. The summed E-state index contributed by atoms with van der Waals surface area (Å²) in [7, 11) is 3.82. The molecule has 0 saturated heterocycles. The molecule has 0 atom stereocenters. The molecule has 0 nitrogen and oxygen atoms in total. The highest BCUT2D eigenvalue weighted by molar-refractivity contribution is 8.76. The van der Waals surface area contributed by atoms with E-state index in [1.807, 2.05) is 33.3 Å². The van der Waals surface area contributed by atoms with Gasteiger partial charge in [0.15, 0.2) is 0 Å². The van der Waals surface area contributed by atoms with Crippen molar-refractivity contribution in [1.29, 1.82) is 0 Å². The zero-order chi connectivity index (χ0) is 14.0. The summed E-state index contributed by atoms with van der Waals surface area (Å²) >= 11 is 2.03. The fourth-order valence-corrected chi connectivity index (χ4v) is 5.11. The Labute approximate surface area is 134 Å². The molecule has 0 aromatic heterocycles. The molecule has 3 heteroatoms. The second-order valence-corrected chi connectivity index (χ2v) is 7.93. The van der Waals surface area contributed by atoms with E-state index in [-0.39, 0.29) is 0 Å².